The summed E-state index contributed by atoms with van der Waals surface area (Å²) in [5, 5.41) is 10.9. The Bertz CT molecular complexity index is 561. The van der Waals surface area contributed by atoms with Crippen molar-refractivity contribution in [3.05, 3.63) is 28.0 Å². The Kier molecular flexibility index (Phi) is 4.82. The van der Waals surface area contributed by atoms with E-state index in [4.69, 9.17) is 4.74 Å². The molecule has 2 heterocycles. The molecule has 0 radical (unpaired) electrons. The highest BCUT2D eigenvalue weighted by Crippen LogP contribution is 2.35. The van der Waals surface area contributed by atoms with Crippen molar-refractivity contribution in [2.75, 3.05) is 13.1 Å². The van der Waals surface area contributed by atoms with Crippen LogP contribution in [0.1, 0.15) is 44.9 Å². The number of pyridine rings is 1. The van der Waals surface area contributed by atoms with Crippen molar-refractivity contribution >= 4 is 22.0 Å². The molecule has 1 fully saturated rings. The second-order valence-electron chi connectivity index (χ2n) is 6.77. The van der Waals surface area contributed by atoms with Gasteiger partial charge >= 0.3 is 6.09 Å². The molecular weight excluding hydrogens is 348 g/mol. The van der Waals surface area contributed by atoms with Crippen LogP contribution < -0.4 is 0 Å². The second-order valence-corrected chi connectivity index (χ2v) is 7.58. The van der Waals surface area contributed by atoms with E-state index in [0.29, 0.717) is 25.9 Å². The molecule has 2 rings (SSSR count). The molecule has 0 saturated carbocycles. The third-order valence-electron chi connectivity index (χ3n) is 3.80. The number of hydrogen-bond donors (Lipinski definition) is 1. The number of ether oxygens (including phenoxy) is 1. The first kappa shape index (κ1) is 17.2. The van der Waals surface area contributed by atoms with Gasteiger partial charge in [0.1, 0.15) is 10.2 Å². The van der Waals surface area contributed by atoms with Gasteiger partial charge in [0.25, 0.3) is 0 Å². The fraction of sp³-hybridized carbons (Fsp3) is 0.625. The summed E-state index contributed by atoms with van der Waals surface area (Å²) in [5.41, 5.74) is 0.204. The summed E-state index contributed by atoms with van der Waals surface area (Å²) in [6.45, 7) is 8.38. The van der Waals surface area contributed by atoms with Crippen LogP contribution in [0.15, 0.2) is 16.7 Å². The Balaban J connectivity index is 2.06. The number of amides is 1. The average Bonchev–Trinajstić information content (AvgIpc) is 2.36. The van der Waals surface area contributed by atoms with Crippen LogP contribution in [-0.4, -0.2) is 39.8 Å². The SMILES string of the molecule is Cc1nc(Br)ccc1C1(O)CCN(C(=O)OC(C)(C)C)CC1. The lowest BCUT2D eigenvalue weighted by Gasteiger charge is -2.39. The maximum atomic E-state index is 12.1. The van der Waals surface area contributed by atoms with E-state index >= 15 is 0 Å². The van der Waals surface area contributed by atoms with Crippen LogP contribution in [0.25, 0.3) is 0 Å². The number of aliphatic hydroxyl groups is 1. The summed E-state index contributed by atoms with van der Waals surface area (Å²) in [6.07, 6.45) is 0.646. The summed E-state index contributed by atoms with van der Waals surface area (Å²) in [5.74, 6) is 0. The molecule has 0 bridgehead atoms. The van der Waals surface area contributed by atoms with Gasteiger partial charge in [-0.1, -0.05) is 6.07 Å². The molecular formula is C16H23BrN2O3. The Morgan fingerprint density at radius 3 is 2.45 bits per heavy atom. The van der Waals surface area contributed by atoms with Crippen LogP contribution in [0.5, 0.6) is 0 Å². The van der Waals surface area contributed by atoms with Gasteiger partial charge in [-0.25, -0.2) is 9.78 Å². The predicted octanol–water partition coefficient (Wildman–Crippen LogP) is 3.37. The lowest BCUT2D eigenvalue weighted by Crippen LogP contribution is -2.47. The molecule has 1 amide bonds. The summed E-state index contributed by atoms with van der Waals surface area (Å²) in [4.78, 5) is 18.1. The van der Waals surface area contributed by atoms with E-state index < -0.39 is 11.2 Å². The number of aryl methyl sites for hydroxylation is 1. The average molecular weight is 371 g/mol. The fourth-order valence-electron chi connectivity index (χ4n) is 2.68. The van der Waals surface area contributed by atoms with Crippen molar-refractivity contribution in [1.29, 1.82) is 0 Å². The van der Waals surface area contributed by atoms with E-state index in [2.05, 4.69) is 20.9 Å². The minimum absolute atomic E-state index is 0.319. The Hall–Kier alpha value is -1.14. The molecule has 0 spiro atoms. The van der Waals surface area contributed by atoms with Crippen molar-refractivity contribution in [3.8, 4) is 0 Å². The lowest BCUT2D eigenvalue weighted by molar-refractivity contribution is -0.0361. The maximum Gasteiger partial charge on any atom is 0.410 e. The Morgan fingerprint density at radius 2 is 1.95 bits per heavy atom. The van der Waals surface area contributed by atoms with Crippen molar-refractivity contribution in [1.82, 2.24) is 9.88 Å². The first-order chi connectivity index (χ1) is 10.1. The zero-order valence-electron chi connectivity index (χ0n) is 13.5. The van der Waals surface area contributed by atoms with E-state index in [1.807, 2.05) is 39.8 Å². The van der Waals surface area contributed by atoms with E-state index in [-0.39, 0.29) is 6.09 Å². The molecule has 1 aliphatic rings. The number of carbonyl (C=O) groups excluding carboxylic acids is 1. The van der Waals surface area contributed by atoms with E-state index in [1.54, 1.807) is 4.90 Å². The Labute approximate surface area is 139 Å². The number of likely N-dealkylation sites (tertiary alicyclic amines) is 1. The van der Waals surface area contributed by atoms with Crippen LogP contribution in [-0.2, 0) is 10.3 Å². The summed E-state index contributed by atoms with van der Waals surface area (Å²) < 4.78 is 6.13. The summed E-state index contributed by atoms with van der Waals surface area (Å²) in [6, 6.07) is 3.73. The van der Waals surface area contributed by atoms with E-state index in [1.165, 1.54) is 0 Å². The van der Waals surface area contributed by atoms with Gasteiger partial charge in [-0.3, -0.25) is 0 Å². The van der Waals surface area contributed by atoms with Gasteiger partial charge in [-0.2, -0.15) is 0 Å². The number of aromatic nitrogens is 1. The molecule has 0 aromatic carbocycles. The molecule has 22 heavy (non-hydrogen) atoms. The highest BCUT2D eigenvalue weighted by atomic mass is 79.9. The lowest BCUT2D eigenvalue weighted by atomic mass is 9.84. The standard InChI is InChI=1S/C16H23BrN2O3/c1-11-12(5-6-13(17)18-11)16(21)7-9-19(10-8-16)14(20)22-15(2,3)4/h5-6,21H,7-10H2,1-4H3. The molecule has 5 nitrogen and oxygen atoms in total. The minimum Gasteiger partial charge on any atom is -0.444 e. The van der Waals surface area contributed by atoms with Crippen LogP contribution in [0.2, 0.25) is 0 Å². The zero-order chi connectivity index (χ0) is 16.5. The number of piperidine rings is 1. The quantitative estimate of drug-likeness (QED) is 0.769. The fourth-order valence-corrected chi connectivity index (χ4v) is 3.08. The van der Waals surface area contributed by atoms with Crippen LogP contribution in [0, 0.1) is 6.92 Å². The summed E-state index contributed by atoms with van der Waals surface area (Å²) in [7, 11) is 0. The highest BCUT2D eigenvalue weighted by molar-refractivity contribution is 9.10. The monoisotopic (exact) mass is 370 g/mol. The zero-order valence-corrected chi connectivity index (χ0v) is 15.1. The molecule has 1 aliphatic heterocycles. The highest BCUT2D eigenvalue weighted by Gasteiger charge is 2.37. The van der Waals surface area contributed by atoms with Crippen molar-refractivity contribution in [3.63, 3.8) is 0 Å². The van der Waals surface area contributed by atoms with Gasteiger partial charge in [0, 0.05) is 24.3 Å². The minimum atomic E-state index is -0.934. The number of nitrogens with zero attached hydrogens (tertiary/aromatic N) is 2. The van der Waals surface area contributed by atoms with Gasteiger partial charge in [0.15, 0.2) is 0 Å². The molecule has 1 aromatic rings. The van der Waals surface area contributed by atoms with E-state index in [9.17, 15) is 9.90 Å². The van der Waals surface area contributed by atoms with Crippen LogP contribution in [0.3, 0.4) is 0 Å². The molecule has 122 valence electrons. The second kappa shape index (κ2) is 6.16. The first-order valence-corrected chi connectivity index (χ1v) is 8.24. The van der Waals surface area contributed by atoms with Gasteiger partial charge in [-0.05, 0) is 62.5 Å². The van der Waals surface area contributed by atoms with Gasteiger partial charge < -0.3 is 14.7 Å². The molecule has 0 unspecified atom stereocenters. The number of rotatable bonds is 1. The smallest absolute Gasteiger partial charge is 0.410 e. The van der Waals surface area contributed by atoms with Crippen molar-refractivity contribution in [2.24, 2.45) is 0 Å². The largest absolute Gasteiger partial charge is 0.444 e. The molecule has 1 aromatic heterocycles. The predicted molar refractivity (Wildman–Crippen MR) is 87.6 cm³/mol. The van der Waals surface area contributed by atoms with Crippen LogP contribution in [0.4, 0.5) is 4.79 Å². The molecule has 1 saturated heterocycles. The van der Waals surface area contributed by atoms with E-state index in [0.717, 1.165) is 15.9 Å². The summed E-state index contributed by atoms with van der Waals surface area (Å²) >= 11 is 3.33. The molecule has 1 N–H and O–H groups in total. The number of carbonyl (C=O) groups is 1. The molecule has 0 atom stereocenters. The first-order valence-electron chi connectivity index (χ1n) is 7.45. The van der Waals surface area contributed by atoms with Crippen LogP contribution >= 0.6 is 15.9 Å². The Morgan fingerprint density at radius 1 is 1.36 bits per heavy atom. The number of hydrogen-bond acceptors (Lipinski definition) is 4. The van der Waals surface area contributed by atoms with Gasteiger partial charge in [0.2, 0.25) is 0 Å². The third kappa shape index (κ3) is 3.98. The maximum absolute atomic E-state index is 12.1. The molecule has 6 heteroatoms. The van der Waals surface area contributed by atoms with Gasteiger partial charge in [0.05, 0.1) is 5.60 Å². The normalized spacial score (nSPS) is 18.2. The number of halogens is 1. The van der Waals surface area contributed by atoms with Crippen molar-refractivity contribution < 1.29 is 14.6 Å². The topological polar surface area (TPSA) is 62.7 Å². The third-order valence-corrected chi connectivity index (χ3v) is 4.24. The molecule has 0 aliphatic carbocycles. The van der Waals surface area contributed by atoms with Gasteiger partial charge in [-0.15, -0.1) is 0 Å². The van der Waals surface area contributed by atoms with Crippen molar-refractivity contribution in [2.45, 2.75) is 51.7 Å².